The minimum absolute atomic E-state index is 0.0454. The minimum atomic E-state index is -0.111. The molecular weight excluding hydrogens is 232 g/mol. The summed E-state index contributed by atoms with van der Waals surface area (Å²) in [6, 6.07) is 5.20. The zero-order valence-corrected chi connectivity index (χ0v) is 10.5. The minimum Gasteiger partial charge on any atom is -0.494 e. The lowest BCUT2D eigenvalue weighted by Crippen LogP contribution is -2.24. The molecule has 0 saturated heterocycles. The highest BCUT2D eigenvalue weighted by molar-refractivity contribution is 5.83. The van der Waals surface area contributed by atoms with Crippen LogP contribution in [0, 0.1) is 0 Å². The maximum Gasteiger partial charge on any atom is 0.261 e. The van der Waals surface area contributed by atoms with Crippen LogP contribution in [0.2, 0.25) is 0 Å². The number of aromatic nitrogens is 2. The largest absolute Gasteiger partial charge is 0.494 e. The molecule has 0 radical (unpaired) electrons. The molecule has 0 amide bonds. The lowest BCUT2D eigenvalue weighted by molar-refractivity contribution is 0.261. The Kier molecular flexibility index (Phi) is 3.62. The molecule has 5 heteroatoms. The van der Waals surface area contributed by atoms with Gasteiger partial charge in [-0.05, 0) is 25.5 Å². The standard InChI is InChI=1S/C13H16N2O3/c1-9(6-7-16)15-8-14-12-10(13(15)17)4-3-5-11(12)18-2/h3-5,8-9,16H,6-7H2,1-2H3/t9-/m0/s1. The summed E-state index contributed by atoms with van der Waals surface area (Å²) in [5.74, 6) is 0.589. The van der Waals surface area contributed by atoms with Crippen LogP contribution in [0.15, 0.2) is 29.3 Å². The van der Waals surface area contributed by atoms with E-state index < -0.39 is 0 Å². The molecule has 0 unspecified atom stereocenters. The van der Waals surface area contributed by atoms with Crippen molar-refractivity contribution in [2.75, 3.05) is 13.7 Å². The predicted molar refractivity (Wildman–Crippen MR) is 69.0 cm³/mol. The first kappa shape index (κ1) is 12.6. The summed E-state index contributed by atoms with van der Waals surface area (Å²) in [6.07, 6.45) is 2.03. The normalized spacial score (nSPS) is 12.6. The van der Waals surface area contributed by atoms with Crippen LogP contribution in [0.25, 0.3) is 10.9 Å². The Morgan fingerprint density at radius 1 is 1.50 bits per heavy atom. The molecule has 0 aliphatic heterocycles. The first-order valence-corrected chi connectivity index (χ1v) is 5.83. The molecule has 2 rings (SSSR count). The van der Waals surface area contributed by atoms with Crippen LogP contribution in [-0.4, -0.2) is 28.4 Å². The van der Waals surface area contributed by atoms with Crippen molar-refractivity contribution in [2.45, 2.75) is 19.4 Å². The predicted octanol–water partition coefficient (Wildman–Crippen LogP) is 1.35. The molecule has 1 N–H and O–H groups in total. The summed E-state index contributed by atoms with van der Waals surface area (Å²) in [5, 5.41) is 9.46. The first-order valence-electron chi connectivity index (χ1n) is 5.83. The number of methoxy groups -OCH3 is 1. The smallest absolute Gasteiger partial charge is 0.261 e. The Hall–Kier alpha value is -1.88. The highest BCUT2D eigenvalue weighted by Gasteiger charge is 2.11. The van der Waals surface area contributed by atoms with Crippen molar-refractivity contribution in [1.82, 2.24) is 9.55 Å². The number of fused-ring (bicyclic) bond motifs is 1. The van der Waals surface area contributed by atoms with Crippen LogP contribution < -0.4 is 10.3 Å². The topological polar surface area (TPSA) is 64.3 Å². The molecule has 1 aromatic carbocycles. The molecule has 0 aliphatic rings. The van der Waals surface area contributed by atoms with E-state index in [0.29, 0.717) is 23.1 Å². The van der Waals surface area contributed by atoms with Crippen LogP contribution in [-0.2, 0) is 0 Å². The lowest BCUT2D eigenvalue weighted by Gasteiger charge is -2.14. The van der Waals surface area contributed by atoms with Crippen LogP contribution in [0.1, 0.15) is 19.4 Å². The average Bonchev–Trinajstić information content (AvgIpc) is 2.39. The van der Waals surface area contributed by atoms with Crippen LogP contribution in [0.4, 0.5) is 0 Å². The summed E-state index contributed by atoms with van der Waals surface area (Å²) < 4.78 is 6.72. The van der Waals surface area contributed by atoms with Gasteiger partial charge in [-0.25, -0.2) is 4.98 Å². The molecule has 1 aromatic heterocycles. The third kappa shape index (κ3) is 2.09. The molecule has 2 aromatic rings. The van der Waals surface area contributed by atoms with Crippen molar-refractivity contribution in [2.24, 2.45) is 0 Å². The second kappa shape index (κ2) is 5.18. The van der Waals surface area contributed by atoms with Crippen LogP contribution in [0.5, 0.6) is 5.75 Å². The fraction of sp³-hybridized carbons (Fsp3) is 0.385. The maximum atomic E-state index is 12.3. The number of hydrogen-bond acceptors (Lipinski definition) is 4. The molecule has 0 aliphatic carbocycles. The second-order valence-corrected chi connectivity index (χ2v) is 4.17. The van der Waals surface area contributed by atoms with Crippen molar-refractivity contribution < 1.29 is 9.84 Å². The highest BCUT2D eigenvalue weighted by Crippen LogP contribution is 2.20. The zero-order valence-electron chi connectivity index (χ0n) is 10.5. The van der Waals surface area contributed by atoms with Crippen molar-refractivity contribution in [3.8, 4) is 5.75 Å². The molecule has 0 spiro atoms. The van der Waals surface area contributed by atoms with Crippen LogP contribution >= 0.6 is 0 Å². The molecule has 5 nitrogen and oxygen atoms in total. The molecular formula is C13H16N2O3. The number of hydrogen-bond donors (Lipinski definition) is 1. The van der Waals surface area contributed by atoms with E-state index in [9.17, 15) is 4.79 Å². The number of benzene rings is 1. The molecule has 0 fully saturated rings. The van der Waals surface area contributed by atoms with Gasteiger partial charge in [-0.1, -0.05) is 6.07 Å². The average molecular weight is 248 g/mol. The Morgan fingerprint density at radius 2 is 2.28 bits per heavy atom. The SMILES string of the molecule is COc1cccc2c(=O)n([C@@H](C)CCO)cnc12. The van der Waals surface area contributed by atoms with Gasteiger partial charge in [0.1, 0.15) is 11.3 Å². The van der Waals surface area contributed by atoms with Gasteiger partial charge < -0.3 is 9.84 Å². The number of aliphatic hydroxyl groups is 1. The Morgan fingerprint density at radius 3 is 2.94 bits per heavy atom. The third-order valence-electron chi connectivity index (χ3n) is 3.02. The van der Waals surface area contributed by atoms with Crippen LogP contribution in [0.3, 0.4) is 0 Å². The van der Waals surface area contributed by atoms with Gasteiger partial charge in [-0.2, -0.15) is 0 Å². The molecule has 96 valence electrons. The maximum absolute atomic E-state index is 12.3. The molecule has 1 heterocycles. The van der Waals surface area contributed by atoms with Crippen molar-refractivity contribution in [3.63, 3.8) is 0 Å². The molecule has 1 atom stereocenters. The van der Waals surface area contributed by atoms with Crippen molar-refractivity contribution >= 4 is 10.9 Å². The number of ether oxygens (including phenoxy) is 1. The van der Waals surface area contributed by atoms with E-state index in [-0.39, 0.29) is 18.2 Å². The van der Waals surface area contributed by atoms with Crippen molar-refractivity contribution in [1.29, 1.82) is 0 Å². The monoisotopic (exact) mass is 248 g/mol. The summed E-state index contributed by atoms with van der Waals surface area (Å²) in [7, 11) is 1.55. The van der Waals surface area contributed by atoms with Gasteiger partial charge in [0.2, 0.25) is 0 Å². The number of aliphatic hydroxyl groups excluding tert-OH is 1. The summed E-state index contributed by atoms with van der Waals surface area (Å²) in [6.45, 7) is 1.93. The summed E-state index contributed by atoms with van der Waals surface area (Å²) in [5.41, 5.74) is 0.456. The summed E-state index contributed by atoms with van der Waals surface area (Å²) >= 11 is 0. The fourth-order valence-electron chi connectivity index (χ4n) is 1.94. The van der Waals surface area contributed by atoms with E-state index in [2.05, 4.69) is 4.98 Å². The molecule has 0 saturated carbocycles. The Bertz CT molecular complexity index is 607. The fourth-order valence-corrected chi connectivity index (χ4v) is 1.94. The van der Waals surface area contributed by atoms with E-state index in [1.165, 1.54) is 10.9 Å². The number of para-hydroxylation sites is 1. The molecule has 18 heavy (non-hydrogen) atoms. The van der Waals surface area contributed by atoms with Gasteiger partial charge in [0, 0.05) is 12.6 Å². The van der Waals surface area contributed by atoms with Gasteiger partial charge in [0.05, 0.1) is 18.8 Å². The number of nitrogens with zero attached hydrogens (tertiary/aromatic N) is 2. The van der Waals surface area contributed by atoms with Gasteiger partial charge in [-0.15, -0.1) is 0 Å². The Labute approximate surface area is 105 Å². The van der Waals surface area contributed by atoms with E-state index >= 15 is 0 Å². The van der Waals surface area contributed by atoms with Gasteiger partial charge in [-0.3, -0.25) is 9.36 Å². The Balaban J connectivity index is 2.62. The van der Waals surface area contributed by atoms with E-state index in [0.717, 1.165) is 0 Å². The zero-order chi connectivity index (χ0) is 13.1. The third-order valence-corrected chi connectivity index (χ3v) is 3.02. The molecule has 0 bridgehead atoms. The van der Waals surface area contributed by atoms with E-state index in [4.69, 9.17) is 9.84 Å². The van der Waals surface area contributed by atoms with E-state index in [1.54, 1.807) is 25.3 Å². The lowest BCUT2D eigenvalue weighted by atomic mass is 10.2. The highest BCUT2D eigenvalue weighted by atomic mass is 16.5. The summed E-state index contributed by atoms with van der Waals surface area (Å²) in [4.78, 5) is 16.6. The second-order valence-electron chi connectivity index (χ2n) is 4.17. The van der Waals surface area contributed by atoms with Gasteiger partial charge in [0.15, 0.2) is 0 Å². The van der Waals surface area contributed by atoms with Gasteiger partial charge in [0.25, 0.3) is 5.56 Å². The quantitative estimate of drug-likeness (QED) is 0.887. The first-order chi connectivity index (χ1) is 8.69. The van der Waals surface area contributed by atoms with Crippen molar-refractivity contribution in [3.05, 3.63) is 34.9 Å². The van der Waals surface area contributed by atoms with Gasteiger partial charge >= 0.3 is 0 Å². The number of rotatable bonds is 4. The van der Waals surface area contributed by atoms with E-state index in [1.807, 2.05) is 6.92 Å².